The van der Waals surface area contributed by atoms with E-state index >= 15 is 0 Å². The fourth-order valence-corrected chi connectivity index (χ4v) is 3.61. The van der Waals surface area contributed by atoms with E-state index in [1.807, 2.05) is 32.0 Å². The number of ether oxygens (including phenoxy) is 2. The van der Waals surface area contributed by atoms with Gasteiger partial charge in [-0.1, -0.05) is 12.1 Å². The van der Waals surface area contributed by atoms with Gasteiger partial charge in [-0.25, -0.2) is 8.42 Å². The Balaban J connectivity index is 1.84. The van der Waals surface area contributed by atoms with Gasteiger partial charge in [-0.15, -0.1) is 0 Å². The molecule has 1 aliphatic rings. The molecule has 0 saturated heterocycles. The predicted molar refractivity (Wildman–Crippen MR) is 104 cm³/mol. The van der Waals surface area contributed by atoms with Crippen molar-refractivity contribution in [1.82, 2.24) is 9.62 Å². The van der Waals surface area contributed by atoms with Crippen molar-refractivity contribution in [2.75, 3.05) is 32.6 Å². The van der Waals surface area contributed by atoms with Crippen molar-refractivity contribution in [3.8, 4) is 5.75 Å². The van der Waals surface area contributed by atoms with Crippen LogP contribution in [0.25, 0.3) is 0 Å². The Hall–Kier alpha value is -1.64. The maximum atomic E-state index is 12.0. The van der Waals surface area contributed by atoms with Crippen LogP contribution in [0.5, 0.6) is 5.75 Å². The first kappa shape index (κ1) is 21.7. The second-order valence-electron chi connectivity index (χ2n) is 7.01. The molecule has 0 fully saturated rings. The second-order valence-corrected chi connectivity index (χ2v) is 8.99. The Bertz CT molecular complexity index is 734. The molecule has 1 aromatic carbocycles. The standard InChI is InChI=1S/C19H30N2O5S/c1-15(2)25-11-4-9-20-19(22)8-6-16-5-7-18-17(13-16)14-21(10-12-26-18)27(3,23)24/h5,7,13,15H,4,6,8-12,14H2,1-3H3,(H,20,22). The predicted octanol–water partition coefficient (Wildman–Crippen LogP) is 1.70. The maximum absolute atomic E-state index is 12.0. The molecule has 1 aromatic rings. The van der Waals surface area contributed by atoms with E-state index in [9.17, 15) is 13.2 Å². The molecule has 27 heavy (non-hydrogen) atoms. The highest BCUT2D eigenvalue weighted by atomic mass is 32.2. The molecule has 0 bridgehead atoms. The molecular formula is C19H30N2O5S. The van der Waals surface area contributed by atoms with Gasteiger partial charge in [0.2, 0.25) is 15.9 Å². The molecule has 0 radical (unpaired) electrons. The number of rotatable bonds is 9. The number of nitrogens with zero attached hydrogens (tertiary/aromatic N) is 1. The first-order valence-corrected chi connectivity index (χ1v) is 11.2. The second kappa shape index (κ2) is 10.1. The zero-order valence-electron chi connectivity index (χ0n) is 16.4. The Morgan fingerprint density at radius 1 is 1.37 bits per heavy atom. The van der Waals surface area contributed by atoms with Crippen molar-refractivity contribution in [3.63, 3.8) is 0 Å². The van der Waals surface area contributed by atoms with E-state index in [-0.39, 0.29) is 12.0 Å². The summed E-state index contributed by atoms with van der Waals surface area (Å²) in [6, 6.07) is 5.72. The highest BCUT2D eigenvalue weighted by Crippen LogP contribution is 2.25. The van der Waals surface area contributed by atoms with Crippen LogP contribution < -0.4 is 10.1 Å². The van der Waals surface area contributed by atoms with Crippen LogP contribution in [0.1, 0.15) is 37.8 Å². The van der Waals surface area contributed by atoms with E-state index in [2.05, 4.69) is 5.32 Å². The van der Waals surface area contributed by atoms with E-state index in [1.54, 1.807) is 0 Å². The highest BCUT2D eigenvalue weighted by molar-refractivity contribution is 7.88. The molecule has 0 unspecified atom stereocenters. The Labute approximate surface area is 162 Å². The SMILES string of the molecule is CC(C)OCCCNC(=O)CCc1ccc2c(c1)CN(S(C)(=O)=O)CCO2. The average Bonchev–Trinajstić information content (AvgIpc) is 2.81. The van der Waals surface area contributed by atoms with Gasteiger partial charge in [0.1, 0.15) is 12.4 Å². The number of aryl methyl sites for hydroxylation is 1. The van der Waals surface area contributed by atoms with Gasteiger partial charge < -0.3 is 14.8 Å². The fraction of sp³-hybridized carbons (Fsp3) is 0.632. The van der Waals surface area contributed by atoms with Crippen molar-refractivity contribution >= 4 is 15.9 Å². The molecule has 0 aromatic heterocycles. The first-order chi connectivity index (χ1) is 12.8. The summed E-state index contributed by atoms with van der Waals surface area (Å²) in [4.78, 5) is 12.0. The summed E-state index contributed by atoms with van der Waals surface area (Å²) in [6.07, 6.45) is 3.19. The van der Waals surface area contributed by atoms with E-state index < -0.39 is 10.0 Å². The molecule has 7 nitrogen and oxygen atoms in total. The van der Waals surface area contributed by atoms with Gasteiger partial charge in [0.25, 0.3) is 0 Å². The van der Waals surface area contributed by atoms with Crippen LogP contribution in [-0.4, -0.2) is 57.3 Å². The van der Waals surface area contributed by atoms with E-state index in [0.717, 1.165) is 17.5 Å². The average molecular weight is 399 g/mol. The third kappa shape index (κ3) is 7.48. The summed E-state index contributed by atoms with van der Waals surface area (Å²) in [5.74, 6) is 0.711. The lowest BCUT2D eigenvalue weighted by Gasteiger charge is -2.16. The molecule has 1 aliphatic heterocycles. The lowest BCUT2D eigenvalue weighted by Crippen LogP contribution is -2.31. The molecule has 0 spiro atoms. The van der Waals surface area contributed by atoms with E-state index in [1.165, 1.54) is 10.6 Å². The van der Waals surface area contributed by atoms with Crippen LogP contribution in [-0.2, 0) is 32.5 Å². The van der Waals surface area contributed by atoms with Gasteiger partial charge in [0.15, 0.2) is 0 Å². The largest absolute Gasteiger partial charge is 0.492 e. The molecule has 0 aliphatic carbocycles. The Morgan fingerprint density at radius 2 is 2.15 bits per heavy atom. The van der Waals surface area contributed by atoms with E-state index in [0.29, 0.717) is 51.4 Å². The number of carbonyl (C=O) groups excluding carboxylic acids is 1. The number of hydrogen-bond donors (Lipinski definition) is 1. The number of benzene rings is 1. The van der Waals surface area contributed by atoms with Crippen LogP contribution in [0.3, 0.4) is 0 Å². The maximum Gasteiger partial charge on any atom is 0.220 e. The smallest absolute Gasteiger partial charge is 0.220 e. The van der Waals surface area contributed by atoms with Crippen molar-refractivity contribution in [3.05, 3.63) is 29.3 Å². The van der Waals surface area contributed by atoms with Gasteiger partial charge in [-0.05, 0) is 38.3 Å². The molecule has 0 atom stereocenters. The zero-order chi connectivity index (χ0) is 19.9. The number of carbonyl (C=O) groups is 1. The topological polar surface area (TPSA) is 84.9 Å². The van der Waals surface area contributed by atoms with Crippen LogP contribution in [0, 0.1) is 0 Å². The van der Waals surface area contributed by atoms with Crippen molar-refractivity contribution in [2.24, 2.45) is 0 Å². The third-order valence-corrected chi connectivity index (χ3v) is 5.52. The summed E-state index contributed by atoms with van der Waals surface area (Å²) < 4.78 is 36.2. The monoisotopic (exact) mass is 398 g/mol. The van der Waals surface area contributed by atoms with E-state index in [4.69, 9.17) is 9.47 Å². The summed E-state index contributed by atoms with van der Waals surface area (Å²) in [6.45, 7) is 6.18. The molecule has 1 N–H and O–H groups in total. The molecular weight excluding hydrogens is 368 g/mol. The highest BCUT2D eigenvalue weighted by Gasteiger charge is 2.22. The summed E-state index contributed by atoms with van der Waals surface area (Å²) in [5.41, 5.74) is 1.83. The lowest BCUT2D eigenvalue weighted by atomic mass is 10.1. The Kier molecular flexibility index (Phi) is 8.07. The summed E-state index contributed by atoms with van der Waals surface area (Å²) in [7, 11) is -3.27. The number of fused-ring (bicyclic) bond motifs is 1. The summed E-state index contributed by atoms with van der Waals surface area (Å²) in [5, 5.41) is 2.89. The molecule has 8 heteroatoms. The Morgan fingerprint density at radius 3 is 2.85 bits per heavy atom. The van der Waals surface area contributed by atoms with Crippen LogP contribution in [0.4, 0.5) is 0 Å². The molecule has 1 amide bonds. The number of nitrogens with one attached hydrogen (secondary N) is 1. The van der Waals surface area contributed by atoms with Crippen LogP contribution in [0.15, 0.2) is 18.2 Å². The normalized spacial score (nSPS) is 15.1. The first-order valence-electron chi connectivity index (χ1n) is 9.33. The van der Waals surface area contributed by atoms with Crippen LogP contribution >= 0.6 is 0 Å². The van der Waals surface area contributed by atoms with Gasteiger partial charge in [-0.3, -0.25) is 4.79 Å². The molecule has 152 valence electrons. The van der Waals surface area contributed by atoms with Gasteiger partial charge in [0.05, 0.1) is 12.4 Å². The van der Waals surface area contributed by atoms with Gasteiger partial charge in [-0.2, -0.15) is 4.31 Å². The minimum Gasteiger partial charge on any atom is -0.492 e. The van der Waals surface area contributed by atoms with Crippen molar-refractivity contribution < 1.29 is 22.7 Å². The van der Waals surface area contributed by atoms with Gasteiger partial charge >= 0.3 is 0 Å². The zero-order valence-corrected chi connectivity index (χ0v) is 17.2. The summed E-state index contributed by atoms with van der Waals surface area (Å²) >= 11 is 0. The number of sulfonamides is 1. The minimum atomic E-state index is -3.27. The molecule has 0 saturated carbocycles. The van der Waals surface area contributed by atoms with Crippen molar-refractivity contribution in [1.29, 1.82) is 0 Å². The third-order valence-electron chi connectivity index (χ3n) is 4.27. The number of hydrogen-bond acceptors (Lipinski definition) is 5. The molecule has 2 rings (SSSR count). The quantitative estimate of drug-likeness (QED) is 0.640. The number of amides is 1. The van der Waals surface area contributed by atoms with Crippen molar-refractivity contribution in [2.45, 2.75) is 45.8 Å². The fourth-order valence-electron chi connectivity index (χ4n) is 2.83. The minimum absolute atomic E-state index is 0.00324. The molecule has 1 heterocycles. The van der Waals surface area contributed by atoms with Crippen LogP contribution in [0.2, 0.25) is 0 Å². The van der Waals surface area contributed by atoms with Gasteiger partial charge in [0, 0.05) is 38.2 Å². The lowest BCUT2D eigenvalue weighted by molar-refractivity contribution is -0.121.